The number of benzene rings is 10. The molecule has 0 saturated heterocycles. The summed E-state index contributed by atoms with van der Waals surface area (Å²) in [4.78, 5) is 2.59. The van der Waals surface area contributed by atoms with E-state index in [9.17, 15) is 0 Å². The molecule has 1 nitrogen and oxygen atoms in total. The van der Waals surface area contributed by atoms with Crippen LogP contribution in [0.4, 0.5) is 17.1 Å². The standard InChI is InChI=1S/C62H43N/c1-61(2)52-32-10-8-28-51(52)59-49(30-17-36-56(59)61)48-27-9-14-37-57(48)63(42-22-15-21-41(39-42)44-29-16-20-40-19-3-4-23-43(40)44)58-38-18-31-50-47-26-7-13-35-55(47)62(60(50)58)53-33-11-5-24-45(53)46-25-6-12-34-54(46)62/h3-39H,1-2H3. The van der Waals surface area contributed by atoms with E-state index in [4.69, 9.17) is 0 Å². The average Bonchev–Trinajstić information content (AvgIpc) is 3.91. The number of para-hydroxylation sites is 1. The summed E-state index contributed by atoms with van der Waals surface area (Å²) in [6, 6.07) is 84.1. The van der Waals surface area contributed by atoms with Crippen LogP contribution in [0.15, 0.2) is 224 Å². The lowest BCUT2D eigenvalue weighted by molar-refractivity contribution is 0.660. The van der Waals surface area contributed by atoms with E-state index in [2.05, 4.69) is 243 Å². The van der Waals surface area contributed by atoms with Gasteiger partial charge in [-0.25, -0.2) is 0 Å². The van der Waals surface area contributed by atoms with Crippen molar-refractivity contribution in [3.8, 4) is 55.6 Å². The predicted molar refractivity (Wildman–Crippen MR) is 263 cm³/mol. The molecule has 0 N–H and O–H groups in total. The molecule has 0 heterocycles. The lowest BCUT2D eigenvalue weighted by Gasteiger charge is -2.36. The SMILES string of the molecule is CC1(C)c2ccccc2-c2c(-c3ccccc3N(c3cccc(-c4cccc5ccccc45)c3)c3cccc4c3C3(c5ccccc5-c5ccccc53)c3ccccc3-4)cccc21. The molecular formula is C62H43N. The number of nitrogens with zero attached hydrogens (tertiary/aromatic N) is 1. The highest BCUT2D eigenvalue weighted by Gasteiger charge is 2.53. The maximum atomic E-state index is 2.59. The van der Waals surface area contributed by atoms with E-state index in [0.717, 1.165) is 11.4 Å². The van der Waals surface area contributed by atoms with Gasteiger partial charge >= 0.3 is 0 Å². The summed E-state index contributed by atoms with van der Waals surface area (Å²) in [7, 11) is 0. The van der Waals surface area contributed by atoms with Crippen LogP contribution in [-0.4, -0.2) is 0 Å². The molecule has 0 bridgehead atoms. The third kappa shape index (κ3) is 4.88. The molecule has 1 heteroatoms. The third-order valence-corrected chi connectivity index (χ3v) is 14.5. The van der Waals surface area contributed by atoms with Gasteiger partial charge in [0.15, 0.2) is 0 Å². The fourth-order valence-electron chi connectivity index (χ4n) is 11.9. The van der Waals surface area contributed by atoms with E-state index in [0.29, 0.717) is 0 Å². The zero-order valence-electron chi connectivity index (χ0n) is 35.3. The highest BCUT2D eigenvalue weighted by Crippen LogP contribution is 2.66. The number of hydrogen-bond donors (Lipinski definition) is 0. The first-order valence-electron chi connectivity index (χ1n) is 22.2. The number of anilines is 3. The minimum Gasteiger partial charge on any atom is -0.309 e. The van der Waals surface area contributed by atoms with E-state index in [-0.39, 0.29) is 5.41 Å². The van der Waals surface area contributed by atoms with Crippen LogP contribution in [0.2, 0.25) is 0 Å². The Hall–Kier alpha value is -7.74. The highest BCUT2D eigenvalue weighted by molar-refractivity contribution is 6.04. The van der Waals surface area contributed by atoms with Crippen molar-refractivity contribution >= 4 is 27.8 Å². The van der Waals surface area contributed by atoms with Gasteiger partial charge in [-0.15, -0.1) is 0 Å². The first kappa shape index (κ1) is 36.0. The Morgan fingerprint density at radius 2 is 0.810 bits per heavy atom. The molecule has 0 saturated carbocycles. The molecule has 296 valence electrons. The molecule has 10 aromatic carbocycles. The van der Waals surface area contributed by atoms with Gasteiger partial charge in [-0.3, -0.25) is 0 Å². The Balaban J connectivity index is 1.14. The van der Waals surface area contributed by atoms with Gasteiger partial charge < -0.3 is 4.90 Å². The first-order chi connectivity index (χ1) is 31.0. The van der Waals surface area contributed by atoms with Gasteiger partial charge in [0.05, 0.1) is 16.8 Å². The maximum Gasteiger partial charge on any atom is 0.0746 e. The molecule has 0 unspecified atom stereocenters. The van der Waals surface area contributed by atoms with Crippen molar-refractivity contribution in [3.63, 3.8) is 0 Å². The fraction of sp³-hybridized carbons (Fsp3) is 0.0645. The molecule has 10 aromatic rings. The summed E-state index contributed by atoms with van der Waals surface area (Å²) in [6.07, 6.45) is 0. The predicted octanol–water partition coefficient (Wildman–Crippen LogP) is 16.3. The molecule has 3 aliphatic carbocycles. The van der Waals surface area contributed by atoms with Crippen molar-refractivity contribution in [1.29, 1.82) is 0 Å². The quantitative estimate of drug-likeness (QED) is 0.168. The molecule has 1 spiro atoms. The zero-order chi connectivity index (χ0) is 41.9. The Morgan fingerprint density at radius 1 is 0.333 bits per heavy atom. The van der Waals surface area contributed by atoms with Gasteiger partial charge in [0.1, 0.15) is 0 Å². The van der Waals surface area contributed by atoms with Crippen molar-refractivity contribution in [2.24, 2.45) is 0 Å². The van der Waals surface area contributed by atoms with Crippen molar-refractivity contribution in [2.45, 2.75) is 24.7 Å². The smallest absolute Gasteiger partial charge is 0.0746 e. The van der Waals surface area contributed by atoms with Crippen LogP contribution in [-0.2, 0) is 10.8 Å². The van der Waals surface area contributed by atoms with E-state index in [1.165, 1.54) is 105 Å². The molecule has 0 aliphatic heterocycles. The molecule has 0 aromatic heterocycles. The lowest BCUT2D eigenvalue weighted by Crippen LogP contribution is -2.28. The second-order valence-corrected chi connectivity index (χ2v) is 17.9. The Bertz CT molecular complexity index is 3440. The van der Waals surface area contributed by atoms with Crippen LogP contribution in [0.5, 0.6) is 0 Å². The van der Waals surface area contributed by atoms with E-state index >= 15 is 0 Å². The summed E-state index contributed by atoms with van der Waals surface area (Å²) in [5, 5.41) is 2.49. The molecule has 0 radical (unpaired) electrons. The maximum absolute atomic E-state index is 2.59. The second-order valence-electron chi connectivity index (χ2n) is 17.9. The third-order valence-electron chi connectivity index (χ3n) is 14.5. The summed E-state index contributed by atoms with van der Waals surface area (Å²) in [5.41, 5.74) is 23.5. The van der Waals surface area contributed by atoms with Crippen molar-refractivity contribution in [2.75, 3.05) is 4.90 Å². The Labute approximate surface area is 369 Å². The summed E-state index contributed by atoms with van der Waals surface area (Å²) < 4.78 is 0. The molecular weight excluding hydrogens is 759 g/mol. The van der Waals surface area contributed by atoms with Gasteiger partial charge in [0.2, 0.25) is 0 Å². The highest BCUT2D eigenvalue weighted by atomic mass is 15.1. The largest absolute Gasteiger partial charge is 0.309 e. The van der Waals surface area contributed by atoms with Crippen LogP contribution in [0.3, 0.4) is 0 Å². The summed E-state index contributed by atoms with van der Waals surface area (Å²) in [6.45, 7) is 4.75. The van der Waals surface area contributed by atoms with Gasteiger partial charge in [-0.05, 0) is 113 Å². The van der Waals surface area contributed by atoms with Crippen LogP contribution >= 0.6 is 0 Å². The molecule has 3 aliphatic rings. The van der Waals surface area contributed by atoms with Gasteiger partial charge in [0, 0.05) is 22.2 Å². The van der Waals surface area contributed by atoms with Gasteiger partial charge in [-0.2, -0.15) is 0 Å². The summed E-state index contributed by atoms with van der Waals surface area (Å²) >= 11 is 0. The lowest BCUT2D eigenvalue weighted by atomic mass is 9.70. The van der Waals surface area contributed by atoms with Gasteiger partial charge in [-0.1, -0.05) is 214 Å². The van der Waals surface area contributed by atoms with E-state index in [1.807, 2.05) is 0 Å². The molecule has 0 fully saturated rings. The normalized spacial score (nSPS) is 14.1. The van der Waals surface area contributed by atoms with Crippen molar-refractivity contribution in [1.82, 2.24) is 0 Å². The summed E-state index contributed by atoms with van der Waals surface area (Å²) in [5.74, 6) is 0. The van der Waals surface area contributed by atoms with Crippen LogP contribution < -0.4 is 4.90 Å². The minimum absolute atomic E-state index is 0.120. The van der Waals surface area contributed by atoms with Crippen LogP contribution in [0, 0.1) is 0 Å². The van der Waals surface area contributed by atoms with Crippen LogP contribution in [0.25, 0.3) is 66.4 Å². The number of hydrogen-bond acceptors (Lipinski definition) is 1. The monoisotopic (exact) mass is 801 g/mol. The molecule has 0 atom stereocenters. The number of fused-ring (bicyclic) bond motifs is 14. The van der Waals surface area contributed by atoms with Crippen molar-refractivity contribution in [3.05, 3.63) is 258 Å². The second kappa shape index (κ2) is 13.4. The Morgan fingerprint density at radius 3 is 1.56 bits per heavy atom. The Kier molecular flexibility index (Phi) is 7.64. The van der Waals surface area contributed by atoms with Gasteiger partial charge in [0.25, 0.3) is 0 Å². The number of rotatable bonds is 5. The fourth-order valence-corrected chi connectivity index (χ4v) is 11.9. The molecule has 13 rings (SSSR count). The molecule has 63 heavy (non-hydrogen) atoms. The first-order valence-corrected chi connectivity index (χ1v) is 22.2. The molecule has 0 amide bonds. The van der Waals surface area contributed by atoms with E-state index < -0.39 is 5.41 Å². The zero-order valence-corrected chi connectivity index (χ0v) is 35.3. The van der Waals surface area contributed by atoms with E-state index in [1.54, 1.807) is 0 Å². The topological polar surface area (TPSA) is 3.24 Å². The average molecular weight is 802 g/mol. The van der Waals surface area contributed by atoms with Crippen molar-refractivity contribution < 1.29 is 0 Å². The minimum atomic E-state index is -0.535. The van der Waals surface area contributed by atoms with Crippen LogP contribution in [0.1, 0.15) is 47.2 Å².